The van der Waals surface area contributed by atoms with Gasteiger partial charge >= 0.3 is 0 Å². The number of carbonyl (C=O) groups is 1. The molecule has 2 N–H and O–H groups in total. The highest BCUT2D eigenvalue weighted by molar-refractivity contribution is 7.92. The van der Waals surface area contributed by atoms with Crippen molar-refractivity contribution in [3.63, 3.8) is 0 Å². The molecule has 0 aliphatic heterocycles. The molecule has 3 aromatic carbocycles. The molecule has 0 aromatic heterocycles. The van der Waals surface area contributed by atoms with E-state index in [1.54, 1.807) is 79.7 Å². The van der Waals surface area contributed by atoms with Crippen LogP contribution in [0.2, 0.25) is 0 Å². The van der Waals surface area contributed by atoms with Crippen molar-refractivity contribution in [2.24, 2.45) is 0 Å². The summed E-state index contributed by atoms with van der Waals surface area (Å²) in [5, 5.41) is 2.82. The van der Waals surface area contributed by atoms with Gasteiger partial charge in [-0.25, -0.2) is 8.42 Å². The van der Waals surface area contributed by atoms with E-state index in [0.29, 0.717) is 34.9 Å². The summed E-state index contributed by atoms with van der Waals surface area (Å²) in [6.07, 6.45) is 1.64. The molecule has 31 heavy (non-hydrogen) atoms. The van der Waals surface area contributed by atoms with Gasteiger partial charge in [0.1, 0.15) is 12.4 Å². The molecule has 0 unspecified atom stereocenters. The highest BCUT2D eigenvalue weighted by Gasteiger charge is 2.16. The standard InChI is InChI=1S/C24H24N2O4S/c1-4-14-30-21-7-5-6-20(16-21)25-24(27)19-10-13-23(18(3)15-19)26-31(28,29)22-11-8-17(2)9-12-22/h4-13,15-16,26H,1,14H2,2-3H3,(H,25,27). The summed E-state index contributed by atoms with van der Waals surface area (Å²) in [5.74, 6) is 0.312. The van der Waals surface area contributed by atoms with E-state index in [1.165, 1.54) is 0 Å². The summed E-state index contributed by atoms with van der Waals surface area (Å²) < 4.78 is 33.3. The van der Waals surface area contributed by atoms with Crippen LogP contribution in [0.3, 0.4) is 0 Å². The third-order valence-electron chi connectivity index (χ3n) is 4.52. The van der Waals surface area contributed by atoms with Crippen molar-refractivity contribution in [1.82, 2.24) is 0 Å². The van der Waals surface area contributed by atoms with Crippen molar-refractivity contribution in [2.75, 3.05) is 16.6 Å². The second-order valence-corrected chi connectivity index (χ2v) is 8.71. The molecule has 0 atom stereocenters. The quantitative estimate of drug-likeness (QED) is 0.491. The van der Waals surface area contributed by atoms with Crippen LogP contribution >= 0.6 is 0 Å². The molecule has 1 amide bonds. The van der Waals surface area contributed by atoms with E-state index >= 15 is 0 Å². The number of nitrogens with one attached hydrogen (secondary N) is 2. The van der Waals surface area contributed by atoms with Crippen LogP contribution in [0.1, 0.15) is 21.5 Å². The number of aryl methyl sites for hydroxylation is 2. The number of amides is 1. The van der Waals surface area contributed by atoms with Crippen LogP contribution in [-0.4, -0.2) is 20.9 Å². The number of carbonyl (C=O) groups excluding carboxylic acids is 1. The molecule has 0 spiro atoms. The zero-order valence-electron chi connectivity index (χ0n) is 17.4. The minimum atomic E-state index is -3.72. The summed E-state index contributed by atoms with van der Waals surface area (Å²) >= 11 is 0. The number of hydrogen-bond acceptors (Lipinski definition) is 4. The van der Waals surface area contributed by atoms with Gasteiger partial charge in [-0.1, -0.05) is 36.4 Å². The molecule has 0 aliphatic carbocycles. The van der Waals surface area contributed by atoms with E-state index in [9.17, 15) is 13.2 Å². The number of ether oxygens (including phenoxy) is 1. The van der Waals surface area contributed by atoms with E-state index in [2.05, 4.69) is 16.6 Å². The van der Waals surface area contributed by atoms with Crippen molar-refractivity contribution in [3.05, 3.63) is 96.1 Å². The van der Waals surface area contributed by atoms with Gasteiger partial charge in [0, 0.05) is 17.3 Å². The molecular weight excluding hydrogens is 412 g/mol. The van der Waals surface area contributed by atoms with Gasteiger partial charge in [0.15, 0.2) is 0 Å². The normalized spacial score (nSPS) is 10.9. The average molecular weight is 437 g/mol. The monoisotopic (exact) mass is 436 g/mol. The van der Waals surface area contributed by atoms with Crippen molar-refractivity contribution in [2.45, 2.75) is 18.7 Å². The van der Waals surface area contributed by atoms with Gasteiger partial charge in [0.2, 0.25) is 0 Å². The van der Waals surface area contributed by atoms with Crippen molar-refractivity contribution < 1.29 is 17.9 Å². The summed E-state index contributed by atoms with van der Waals surface area (Å²) in [4.78, 5) is 12.8. The largest absolute Gasteiger partial charge is 0.489 e. The Morgan fingerprint density at radius 1 is 1.03 bits per heavy atom. The molecule has 0 saturated carbocycles. The number of sulfonamides is 1. The minimum Gasteiger partial charge on any atom is -0.489 e. The minimum absolute atomic E-state index is 0.179. The maximum Gasteiger partial charge on any atom is 0.261 e. The Balaban J connectivity index is 1.73. The van der Waals surface area contributed by atoms with E-state index in [-0.39, 0.29) is 10.8 Å². The molecule has 160 valence electrons. The average Bonchev–Trinajstić information content (AvgIpc) is 2.74. The van der Waals surface area contributed by atoms with Crippen LogP contribution in [0.15, 0.2) is 84.3 Å². The molecule has 3 aromatic rings. The fourth-order valence-electron chi connectivity index (χ4n) is 2.86. The maximum atomic E-state index is 12.6. The van der Waals surface area contributed by atoms with Crippen LogP contribution in [0.5, 0.6) is 5.75 Å². The van der Waals surface area contributed by atoms with Gasteiger partial charge in [-0.15, -0.1) is 0 Å². The third kappa shape index (κ3) is 5.73. The first-order valence-electron chi connectivity index (χ1n) is 9.64. The predicted molar refractivity (Wildman–Crippen MR) is 123 cm³/mol. The Morgan fingerprint density at radius 3 is 2.45 bits per heavy atom. The van der Waals surface area contributed by atoms with Gasteiger partial charge in [-0.05, 0) is 61.9 Å². The second kappa shape index (κ2) is 9.49. The SMILES string of the molecule is C=CCOc1cccc(NC(=O)c2ccc(NS(=O)(=O)c3ccc(C)cc3)c(C)c2)c1. The Bertz CT molecular complexity index is 1200. The number of rotatable bonds is 8. The van der Waals surface area contributed by atoms with Crippen LogP contribution in [-0.2, 0) is 10.0 Å². The molecule has 0 radical (unpaired) electrons. The first kappa shape index (κ1) is 22.1. The molecule has 0 bridgehead atoms. The summed E-state index contributed by atoms with van der Waals surface area (Å²) in [6, 6.07) is 18.4. The van der Waals surface area contributed by atoms with Crippen molar-refractivity contribution >= 4 is 27.3 Å². The molecule has 0 aliphatic rings. The Morgan fingerprint density at radius 2 is 1.77 bits per heavy atom. The smallest absolute Gasteiger partial charge is 0.261 e. The molecular formula is C24H24N2O4S. The lowest BCUT2D eigenvalue weighted by Gasteiger charge is -2.13. The van der Waals surface area contributed by atoms with E-state index in [0.717, 1.165) is 5.56 Å². The van der Waals surface area contributed by atoms with Crippen LogP contribution in [0.4, 0.5) is 11.4 Å². The van der Waals surface area contributed by atoms with Crippen molar-refractivity contribution in [1.29, 1.82) is 0 Å². The van der Waals surface area contributed by atoms with Crippen LogP contribution in [0.25, 0.3) is 0 Å². The van der Waals surface area contributed by atoms with Gasteiger partial charge in [-0.3, -0.25) is 9.52 Å². The molecule has 0 heterocycles. The van der Waals surface area contributed by atoms with Gasteiger partial charge < -0.3 is 10.1 Å². The Labute approximate surface area is 182 Å². The third-order valence-corrected chi connectivity index (χ3v) is 5.91. The Hall–Kier alpha value is -3.58. The van der Waals surface area contributed by atoms with E-state index < -0.39 is 10.0 Å². The van der Waals surface area contributed by atoms with Gasteiger partial charge in [0.05, 0.1) is 10.6 Å². The lowest BCUT2D eigenvalue weighted by Crippen LogP contribution is -2.15. The first-order valence-corrected chi connectivity index (χ1v) is 11.1. The maximum absolute atomic E-state index is 12.6. The number of benzene rings is 3. The van der Waals surface area contributed by atoms with E-state index in [1.807, 2.05) is 6.92 Å². The number of hydrogen-bond donors (Lipinski definition) is 2. The molecule has 0 saturated heterocycles. The summed E-state index contributed by atoms with van der Waals surface area (Å²) in [6.45, 7) is 7.61. The zero-order chi connectivity index (χ0) is 22.4. The molecule has 7 heteroatoms. The predicted octanol–water partition coefficient (Wildman–Crippen LogP) is 4.92. The van der Waals surface area contributed by atoms with Crippen LogP contribution < -0.4 is 14.8 Å². The highest BCUT2D eigenvalue weighted by Crippen LogP contribution is 2.23. The van der Waals surface area contributed by atoms with Crippen LogP contribution in [0, 0.1) is 13.8 Å². The van der Waals surface area contributed by atoms with Gasteiger partial charge in [0.25, 0.3) is 15.9 Å². The van der Waals surface area contributed by atoms with E-state index in [4.69, 9.17) is 4.74 Å². The fraction of sp³-hybridized carbons (Fsp3) is 0.125. The van der Waals surface area contributed by atoms with Gasteiger partial charge in [-0.2, -0.15) is 0 Å². The molecule has 6 nitrogen and oxygen atoms in total. The first-order chi connectivity index (χ1) is 14.8. The molecule has 0 fully saturated rings. The Kier molecular flexibility index (Phi) is 6.77. The molecule has 3 rings (SSSR count). The van der Waals surface area contributed by atoms with Crippen molar-refractivity contribution in [3.8, 4) is 5.75 Å². The number of anilines is 2. The highest BCUT2D eigenvalue weighted by atomic mass is 32.2. The lowest BCUT2D eigenvalue weighted by molar-refractivity contribution is 0.102. The lowest BCUT2D eigenvalue weighted by atomic mass is 10.1. The topological polar surface area (TPSA) is 84.5 Å². The zero-order valence-corrected chi connectivity index (χ0v) is 18.2. The fourth-order valence-corrected chi connectivity index (χ4v) is 3.99. The summed E-state index contributed by atoms with van der Waals surface area (Å²) in [5.41, 5.74) is 3.02. The second-order valence-electron chi connectivity index (χ2n) is 7.03. The summed E-state index contributed by atoms with van der Waals surface area (Å²) in [7, 11) is -3.72.